The van der Waals surface area contributed by atoms with E-state index in [1.165, 1.54) is 5.01 Å². The highest BCUT2D eigenvalue weighted by molar-refractivity contribution is 6.30. The Bertz CT molecular complexity index is 745. The van der Waals surface area contributed by atoms with Gasteiger partial charge in [0.1, 0.15) is 5.71 Å². The number of nitrogens with zero attached hydrogens (tertiary/aromatic N) is 2. The normalized spacial score (nSPS) is 20.3. The summed E-state index contributed by atoms with van der Waals surface area (Å²) < 4.78 is 0. The SMILES string of the molecule is CNC(=N)N1CC(O)(c2ccccc2)C(c2ccc(Cl)cc2)=N1. The van der Waals surface area contributed by atoms with Gasteiger partial charge < -0.3 is 10.4 Å². The highest BCUT2D eigenvalue weighted by atomic mass is 35.5. The highest BCUT2D eigenvalue weighted by Crippen LogP contribution is 2.33. The van der Waals surface area contributed by atoms with Crippen molar-refractivity contribution in [2.24, 2.45) is 5.10 Å². The van der Waals surface area contributed by atoms with Gasteiger partial charge in [-0.15, -0.1) is 0 Å². The molecule has 0 saturated carbocycles. The Kier molecular flexibility index (Phi) is 4.07. The van der Waals surface area contributed by atoms with Crippen molar-refractivity contribution in [1.82, 2.24) is 10.3 Å². The van der Waals surface area contributed by atoms with Crippen molar-refractivity contribution in [1.29, 1.82) is 5.41 Å². The second kappa shape index (κ2) is 6.02. The lowest BCUT2D eigenvalue weighted by molar-refractivity contribution is 0.103. The molecule has 1 atom stereocenters. The first kappa shape index (κ1) is 15.5. The fourth-order valence-electron chi connectivity index (χ4n) is 2.63. The zero-order valence-corrected chi connectivity index (χ0v) is 13.4. The van der Waals surface area contributed by atoms with Crippen molar-refractivity contribution in [2.45, 2.75) is 5.60 Å². The Balaban J connectivity index is 2.09. The molecule has 23 heavy (non-hydrogen) atoms. The van der Waals surface area contributed by atoms with Gasteiger partial charge in [-0.25, -0.2) is 5.01 Å². The van der Waals surface area contributed by atoms with Crippen LogP contribution in [0.25, 0.3) is 0 Å². The minimum absolute atomic E-state index is 0.128. The summed E-state index contributed by atoms with van der Waals surface area (Å²) >= 11 is 5.95. The summed E-state index contributed by atoms with van der Waals surface area (Å²) in [6.07, 6.45) is 0. The Morgan fingerprint density at radius 1 is 1.22 bits per heavy atom. The minimum Gasteiger partial charge on any atom is -0.377 e. The number of rotatable bonds is 2. The van der Waals surface area contributed by atoms with Crippen molar-refractivity contribution in [3.8, 4) is 0 Å². The molecule has 1 aliphatic heterocycles. The summed E-state index contributed by atoms with van der Waals surface area (Å²) in [5, 5.41) is 28.5. The van der Waals surface area contributed by atoms with Crippen molar-refractivity contribution >= 4 is 23.3 Å². The molecule has 0 aromatic heterocycles. The summed E-state index contributed by atoms with van der Waals surface area (Å²) in [5.41, 5.74) is 0.714. The van der Waals surface area contributed by atoms with Crippen LogP contribution in [0.1, 0.15) is 11.1 Å². The summed E-state index contributed by atoms with van der Waals surface area (Å²) in [6.45, 7) is 0.175. The molecule has 0 saturated heterocycles. The largest absolute Gasteiger partial charge is 0.377 e. The van der Waals surface area contributed by atoms with Crippen molar-refractivity contribution in [3.63, 3.8) is 0 Å². The molecule has 0 spiro atoms. The van der Waals surface area contributed by atoms with E-state index in [4.69, 9.17) is 17.0 Å². The van der Waals surface area contributed by atoms with Crippen LogP contribution in [0, 0.1) is 5.41 Å². The van der Waals surface area contributed by atoms with Gasteiger partial charge in [-0.3, -0.25) is 5.41 Å². The number of hydrazone groups is 1. The predicted octanol–water partition coefficient (Wildman–Crippen LogP) is 2.40. The first-order chi connectivity index (χ1) is 11.0. The molecule has 0 radical (unpaired) electrons. The molecule has 1 unspecified atom stereocenters. The smallest absolute Gasteiger partial charge is 0.211 e. The molecule has 0 aliphatic carbocycles. The molecule has 0 amide bonds. The monoisotopic (exact) mass is 328 g/mol. The zero-order chi connectivity index (χ0) is 16.4. The van der Waals surface area contributed by atoms with Gasteiger partial charge in [-0.1, -0.05) is 54.1 Å². The third kappa shape index (κ3) is 2.81. The van der Waals surface area contributed by atoms with Crippen molar-refractivity contribution < 1.29 is 5.11 Å². The van der Waals surface area contributed by atoms with Gasteiger partial charge in [0.2, 0.25) is 5.96 Å². The Labute approximate surface area is 139 Å². The first-order valence-electron chi connectivity index (χ1n) is 7.21. The van der Waals surface area contributed by atoms with Crippen LogP contribution in [0.15, 0.2) is 59.7 Å². The number of hydrogen-bond donors (Lipinski definition) is 3. The number of guanidine groups is 1. The average molecular weight is 329 g/mol. The lowest BCUT2D eigenvalue weighted by atomic mass is 9.86. The molecule has 3 rings (SSSR count). The number of halogens is 1. The molecular formula is C17H17ClN4O. The third-order valence-electron chi connectivity index (χ3n) is 3.85. The van der Waals surface area contributed by atoms with Gasteiger partial charge in [-0.2, -0.15) is 5.10 Å². The quantitative estimate of drug-likeness (QED) is 0.585. The van der Waals surface area contributed by atoms with Gasteiger partial charge >= 0.3 is 0 Å². The number of nitrogens with one attached hydrogen (secondary N) is 2. The molecule has 2 aromatic rings. The third-order valence-corrected chi connectivity index (χ3v) is 4.11. The number of β-amino-alcohol motifs (C(OH)–C–C–N with tert-alkyl or cyclic N) is 1. The molecule has 1 aliphatic rings. The molecule has 3 N–H and O–H groups in total. The zero-order valence-electron chi connectivity index (χ0n) is 12.6. The van der Waals surface area contributed by atoms with Gasteiger partial charge in [-0.05, 0) is 17.7 Å². The van der Waals surface area contributed by atoms with E-state index in [9.17, 15) is 5.11 Å². The molecule has 1 heterocycles. The van der Waals surface area contributed by atoms with Crippen LogP contribution in [0.3, 0.4) is 0 Å². The van der Waals surface area contributed by atoms with E-state index in [-0.39, 0.29) is 12.5 Å². The maximum absolute atomic E-state index is 11.3. The van der Waals surface area contributed by atoms with E-state index in [0.717, 1.165) is 11.1 Å². The number of hydrogen-bond acceptors (Lipinski definition) is 3. The lowest BCUT2D eigenvalue weighted by Crippen LogP contribution is -2.42. The topological polar surface area (TPSA) is 71.7 Å². The maximum atomic E-state index is 11.3. The van der Waals surface area contributed by atoms with Crippen LogP contribution in [0.4, 0.5) is 0 Å². The fourth-order valence-corrected chi connectivity index (χ4v) is 2.76. The van der Waals surface area contributed by atoms with E-state index in [1.807, 2.05) is 42.5 Å². The highest BCUT2D eigenvalue weighted by Gasteiger charge is 2.44. The molecule has 118 valence electrons. The number of aliphatic hydroxyl groups is 1. The first-order valence-corrected chi connectivity index (χ1v) is 7.59. The van der Waals surface area contributed by atoms with Gasteiger partial charge in [0.15, 0.2) is 5.60 Å². The molecular weight excluding hydrogens is 312 g/mol. The van der Waals surface area contributed by atoms with Crippen molar-refractivity contribution in [3.05, 3.63) is 70.7 Å². The summed E-state index contributed by atoms with van der Waals surface area (Å²) in [5.74, 6) is 0.128. The Morgan fingerprint density at radius 3 is 2.48 bits per heavy atom. The van der Waals surface area contributed by atoms with Gasteiger partial charge in [0, 0.05) is 17.6 Å². The average Bonchev–Trinajstić information content (AvgIpc) is 2.95. The maximum Gasteiger partial charge on any atom is 0.211 e. The van der Waals surface area contributed by atoms with Gasteiger partial charge in [0.05, 0.1) is 6.54 Å². The number of benzene rings is 2. The second-order valence-corrected chi connectivity index (χ2v) is 5.77. The van der Waals surface area contributed by atoms with E-state index in [0.29, 0.717) is 10.7 Å². The van der Waals surface area contributed by atoms with Crippen molar-refractivity contribution in [2.75, 3.05) is 13.6 Å². The standard InChI is InChI=1S/C17H17ClN4O/c1-20-16(19)22-11-17(23,13-5-3-2-4-6-13)15(21-22)12-7-9-14(18)10-8-12/h2-10,23H,11H2,1H3,(H2,19,20). The summed E-state index contributed by atoms with van der Waals surface area (Å²) in [6, 6.07) is 16.5. The fraction of sp³-hybridized carbons (Fsp3) is 0.176. The molecule has 2 aromatic carbocycles. The Hall–Kier alpha value is -2.37. The van der Waals surface area contributed by atoms with Crippen LogP contribution >= 0.6 is 11.6 Å². The minimum atomic E-state index is -1.29. The van der Waals surface area contributed by atoms with Crippen LogP contribution in [-0.2, 0) is 5.60 Å². The van der Waals surface area contributed by atoms with Crippen LogP contribution in [0.5, 0.6) is 0 Å². The van der Waals surface area contributed by atoms with Crippen LogP contribution in [0.2, 0.25) is 5.02 Å². The van der Waals surface area contributed by atoms with E-state index < -0.39 is 5.60 Å². The molecule has 0 fully saturated rings. The van der Waals surface area contributed by atoms with E-state index >= 15 is 0 Å². The van der Waals surface area contributed by atoms with E-state index in [1.54, 1.807) is 19.2 Å². The van der Waals surface area contributed by atoms with Crippen LogP contribution in [-0.4, -0.2) is 35.4 Å². The molecule has 6 heteroatoms. The van der Waals surface area contributed by atoms with Crippen LogP contribution < -0.4 is 5.32 Å². The summed E-state index contributed by atoms with van der Waals surface area (Å²) in [7, 11) is 1.65. The summed E-state index contributed by atoms with van der Waals surface area (Å²) in [4.78, 5) is 0. The molecule has 0 bridgehead atoms. The predicted molar refractivity (Wildman–Crippen MR) is 91.8 cm³/mol. The van der Waals surface area contributed by atoms with E-state index in [2.05, 4.69) is 10.4 Å². The molecule has 5 nitrogen and oxygen atoms in total. The Morgan fingerprint density at radius 2 is 1.87 bits per heavy atom. The lowest BCUT2D eigenvalue weighted by Gasteiger charge is -2.26. The van der Waals surface area contributed by atoms with Gasteiger partial charge in [0.25, 0.3) is 0 Å². The second-order valence-electron chi connectivity index (χ2n) is 5.34.